The highest BCUT2D eigenvalue weighted by Crippen LogP contribution is 2.43. The zero-order chi connectivity index (χ0) is 33.0. The SMILES string of the molecule is CC(C)c1cccc(C(C)C)c1-n1c(-c2cccc3c2oc2c3ccc3c2nc2c4ccccc4c4ccccc4n32)nc2ccccc21. The summed E-state index contributed by atoms with van der Waals surface area (Å²) in [5.74, 6) is 1.55. The van der Waals surface area contributed by atoms with Crippen LogP contribution in [0.5, 0.6) is 0 Å². The molecule has 0 radical (unpaired) electrons. The molecular formula is C44H34N4O. The zero-order valence-corrected chi connectivity index (χ0v) is 27.9. The van der Waals surface area contributed by atoms with E-state index >= 15 is 0 Å². The van der Waals surface area contributed by atoms with E-state index in [2.05, 4.69) is 158 Å². The number of furan rings is 1. The van der Waals surface area contributed by atoms with E-state index in [0.29, 0.717) is 11.8 Å². The van der Waals surface area contributed by atoms with Gasteiger partial charge in [0.05, 0.1) is 33.3 Å². The van der Waals surface area contributed by atoms with Crippen LogP contribution in [0.3, 0.4) is 0 Å². The number of nitrogens with zero attached hydrogens (tertiary/aromatic N) is 4. The van der Waals surface area contributed by atoms with E-state index in [9.17, 15) is 0 Å². The van der Waals surface area contributed by atoms with E-state index in [1.54, 1.807) is 0 Å². The fourth-order valence-corrected chi connectivity index (χ4v) is 8.01. The van der Waals surface area contributed by atoms with Crippen LogP contribution in [-0.4, -0.2) is 18.9 Å². The topological polar surface area (TPSA) is 48.3 Å². The first-order valence-electron chi connectivity index (χ1n) is 17.2. The molecule has 0 saturated heterocycles. The molecule has 5 nitrogen and oxygen atoms in total. The third-order valence-electron chi connectivity index (χ3n) is 10.3. The van der Waals surface area contributed by atoms with Crippen molar-refractivity contribution in [1.82, 2.24) is 18.9 Å². The normalized spacial score (nSPS) is 12.4. The van der Waals surface area contributed by atoms with Gasteiger partial charge < -0.3 is 4.42 Å². The molecule has 236 valence electrons. The minimum Gasteiger partial charge on any atom is -0.453 e. The average Bonchev–Trinajstić information content (AvgIpc) is 3.83. The predicted octanol–water partition coefficient (Wildman–Crippen LogP) is 11.9. The van der Waals surface area contributed by atoms with Gasteiger partial charge in [0.15, 0.2) is 5.58 Å². The van der Waals surface area contributed by atoms with Crippen LogP contribution < -0.4 is 0 Å². The fourth-order valence-electron chi connectivity index (χ4n) is 8.01. The molecule has 0 spiro atoms. The van der Waals surface area contributed by atoms with E-state index in [4.69, 9.17) is 14.4 Å². The lowest BCUT2D eigenvalue weighted by Gasteiger charge is -2.22. The summed E-state index contributed by atoms with van der Waals surface area (Å²) in [7, 11) is 0. The predicted molar refractivity (Wildman–Crippen MR) is 203 cm³/mol. The summed E-state index contributed by atoms with van der Waals surface area (Å²) >= 11 is 0. The second kappa shape index (κ2) is 10.3. The number of fused-ring (bicyclic) bond motifs is 13. The van der Waals surface area contributed by atoms with Gasteiger partial charge in [0.25, 0.3) is 0 Å². The Balaban J connectivity index is 1.32. The summed E-state index contributed by atoms with van der Waals surface area (Å²) in [6.45, 7) is 9.09. The Labute approximate surface area is 283 Å². The number of benzene rings is 6. The van der Waals surface area contributed by atoms with Gasteiger partial charge in [0.1, 0.15) is 22.6 Å². The first kappa shape index (κ1) is 28.1. The van der Waals surface area contributed by atoms with Crippen LogP contribution in [0.1, 0.15) is 50.7 Å². The molecule has 49 heavy (non-hydrogen) atoms. The Hall–Kier alpha value is -5.94. The first-order valence-corrected chi connectivity index (χ1v) is 17.2. The number of hydrogen-bond acceptors (Lipinski definition) is 3. The number of pyridine rings is 1. The molecule has 5 heteroatoms. The van der Waals surface area contributed by atoms with Crippen LogP contribution >= 0.6 is 0 Å². The quantitative estimate of drug-likeness (QED) is 0.181. The molecule has 0 N–H and O–H groups in total. The lowest BCUT2D eigenvalue weighted by Crippen LogP contribution is -2.08. The molecule has 0 saturated carbocycles. The van der Waals surface area contributed by atoms with E-state index in [0.717, 1.165) is 71.9 Å². The Bertz CT molecular complexity index is 2930. The molecule has 0 unspecified atom stereocenters. The van der Waals surface area contributed by atoms with Crippen LogP contribution in [0.2, 0.25) is 0 Å². The van der Waals surface area contributed by atoms with Crippen LogP contribution in [-0.2, 0) is 0 Å². The lowest BCUT2D eigenvalue weighted by molar-refractivity contribution is 0.672. The number of hydrogen-bond donors (Lipinski definition) is 0. The molecular weight excluding hydrogens is 601 g/mol. The maximum atomic E-state index is 7.02. The summed E-state index contributed by atoms with van der Waals surface area (Å²) in [5.41, 5.74) is 12.4. The van der Waals surface area contributed by atoms with Crippen molar-refractivity contribution < 1.29 is 4.42 Å². The highest BCUT2D eigenvalue weighted by molar-refractivity contribution is 6.19. The Morgan fingerprint density at radius 3 is 1.92 bits per heavy atom. The van der Waals surface area contributed by atoms with Gasteiger partial charge in [-0.3, -0.25) is 8.97 Å². The standard InChI is InChI=1S/C44H34N4O/c1-25(2)27-16-11-17-28(26(3)4)40(27)48-37-22-10-8-20-35(37)45-44(48)34-19-12-18-31-32-23-24-38-39(42(32)49-41(31)34)46-43-33-15-6-5-13-29(33)30-14-7-9-21-36(30)47(38)43/h5-26H,1-4H3. The highest BCUT2D eigenvalue weighted by atomic mass is 16.3. The molecule has 0 aliphatic carbocycles. The molecule has 6 aromatic carbocycles. The average molecular weight is 635 g/mol. The van der Waals surface area contributed by atoms with Gasteiger partial charge in [-0.05, 0) is 64.7 Å². The van der Waals surface area contributed by atoms with Gasteiger partial charge >= 0.3 is 0 Å². The smallest absolute Gasteiger partial charge is 0.163 e. The summed E-state index contributed by atoms with van der Waals surface area (Å²) in [6, 6.07) is 43.1. The van der Waals surface area contributed by atoms with E-state index in [1.807, 2.05) is 0 Å². The molecule has 0 fully saturated rings. The number of para-hydroxylation sites is 5. The number of aromatic nitrogens is 4. The van der Waals surface area contributed by atoms with Crippen LogP contribution in [0, 0.1) is 0 Å². The van der Waals surface area contributed by atoms with Crippen molar-refractivity contribution >= 4 is 71.3 Å². The fraction of sp³-hybridized carbons (Fsp3) is 0.136. The Morgan fingerprint density at radius 2 is 1.14 bits per heavy atom. The van der Waals surface area contributed by atoms with Gasteiger partial charge in [-0.15, -0.1) is 0 Å². The van der Waals surface area contributed by atoms with Crippen molar-refractivity contribution in [3.05, 3.63) is 132 Å². The van der Waals surface area contributed by atoms with Crippen molar-refractivity contribution in [3.63, 3.8) is 0 Å². The van der Waals surface area contributed by atoms with Crippen LogP contribution in [0.4, 0.5) is 0 Å². The monoisotopic (exact) mass is 634 g/mol. The second-order valence-electron chi connectivity index (χ2n) is 13.8. The first-order chi connectivity index (χ1) is 24.0. The third-order valence-corrected chi connectivity index (χ3v) is 10.3. The minimum absolute atomic E-state index is 0.334. The van der Waals surface area contributed by atoms with Crippen LogP contribution in [0.25, 0.3) is 88.4 Å². The molecule has 10 rings (SSSR count). The van der Waals surface area contributed by atoms with Crippen molar-refractivity contribution in [1.29, 1.82) is 0 Å². The van der Waals surface area contributed by atoms with Crippen molar-refractivity contribution in [2.24, 2.45) is 0 Å². The number of rotatable bonds is 4. The van der Waals surface area contributed by atoms with Crippen molar-refractivity contribution in [2.45, 2.75) is 39.5 Å². The Morgan fingerprint density at radius 1 is 0.510 bits per heavy atom. The second-order valence-corrected chi connectivity index (χ2v) is 13.8. The highest BCUT2D eigenvalue weighted by Gasteiger charge is 2.25. The van der Waals surface area contributed by atoms with Gasteiger partial charge in [-0.2, -0.15) is 0 Å². The maximum absolute atomic E-state index is 7.02. The zero-order valence-electron chi connectivity index (χ0n) is 27.9. The molecule has 10 aromatic rings. The van der Waals surface area contributed by atoms with E-state index in [-0.39, 0.29) is 0 Å². The minimum atomic E-state index is 0.334. The summed E-state index contributed by atoms with van der Waals surface area (Å²) in [4.78, 5) is 10.7. The van der Waals surface area contributed by atoms with Gasteiger partial charge in [-0.1, -0.05) is 113 Å². The van der Waals surface area contributed by atoms with Gasteiger partial charge in [-0.25, -0.2) is 9.97 Å². The van der Waals surface area contributed by atoms with Gasteiger partial charge in [0.2, 0.25) is 0 Å². The van der Waals surface area contributed by atoms with E-state index in [1.165, 1.54) is 27.6 Å². The molecule has 0 bridgehead atoms. The third kappa shape index (κ3) is 3.87. The van der Waals surface area contributed by atoms with Crippen molar-refractivity contribution in [2.75, 3.05) is 0 Å². The maximum Gasteiger partial charge on any atom is 0.163 e. The van der Waals surface area contributed by atoms with Crippen LogP contribution in [0.15, 0.2) is 126 Å². The van der Waals surface area contributed by atoms with Gasteiger partial charge in [0, 0.05) is 21.5 Å². The number of imidazole rings is 2. The summed E-state index contributed by atoms with van der Waals surface area (Å²) in [6.07, 6.45) is 0. The molecule has 4 aromatic heterocycles. The largest absolute Gasteiger partial charge is 0.453 e. The molecule has 0 aliphatic rings. The lowest BCUT2D eigenvalue weighted by atomic mass is 9.92. The Kier molecular flexibility index (Phi) is 5.90. The molecule has 0 atom stereocenters. The molecule has 0 amide bonds. The van der Waals surface area contributed by atoms with Crippen molar-refractivity contribution in [3.8, 4) is 17.1 Å². The molecule has 0 aliphatic heterocycles. The summed E-state index contributed by atoms with van der Waals surface area (Å²) < 4.78 is 11.7. The summed E-state index contributed by atoms with van der Waals surface area (Å²) in [5, 5.41) is 5.64. The molecule has 4 heterocycles. The van der Waals surface area contributed by atoms with E-state index < -0.39 is 0 Å².